The summed E-state index contributed by atoms with van der Waals surface area (Å²) in [6.45, 7) is 5.31. The van der Waals surface area contributed by atoms with E-state index in [1.54, 1.807) is 13.8 Å². The van der Waals surface area contributed by atoms with Crippen molar-refractivity contribution in [1.29, 1.82) is 0 Å². The summed E-state index contributed by atoms with van der Waals surface area (Å²) < 4.78 is 78.4. The van der Waals surface area contributed by atoms with Crippen molar-refractivity contribution in [2.24, 2.45) is 20.5 Å². The van der Waals surface area contributed by atoms with Crippen LogP contribution in [0.2, 0.25) is 20.1 Å². The molecular weight excluding hydrogens is 992 g/mol. The lowest BCUT2D eigenvalue weighted by molar-refractivity contribution is -0.138. The van der Waals surface area contributed by atoms with Gasteiger partial charge in [-0.3, -0.25) is 28.8 Å². The topological polar surface area (TPSA) is 200 Å². The maximum Gasteiger partial charge on any atom is 0.416 e. The Balaban J connectivity index is 1.26. The third-order valence-corrected chi connectivity index (χ3v) is 11.1. The number of hydrogen-bond acceptors (Lipinski definition) is 10. The molecule has 0 aliphatic rings. The van der Waals surface area contributed by atoms with Crippen molar-refractivity contribution in [2.45, 2.75) is 52.1 Å². The van der Waals surface area contributed by atoms with Crippen LogP contribution in [0.25, 0.3) is 0 Å². The number of alkyl halides is 6. The van der Waals surface area contributed by atoms with Crippen molar-refractivity contribution in [1.82, 2.24) is 0 Å². The second kappa shape index (κ2) is 21.5. The highest BCUT2D eigenvalue weighted by Gasteiger charge is 2.33. The number of hydrogen-bond donors (Lipinski definition) is 4. The van der Waals surface area contributed by atoms with Gasteiger partial charge in [-0.1, -0.05) is 58.5 Å². The predicted molar refractivity (Wildman–Crippen MR) is 243 cm³/mol. The van der Waals surface area contributed by atoms with Crippen LogP contribution in [0, 0.1) is 13.8 Å². The smallest absolute Gasteiger partial charge is 0.324 e. The van der Waals surface area contributed by atoms with E-state index < -0.39 is 80.8 Å². The van der Waals surface area contributed by atoms with Gasteiger partial charge < -0.3 is 21.3 Å². The van der Waals surface area contributed by atoms with Gasteiger partial charge in [0.1, 0.15) is 11.4 Å². The fraction of sp³-hybridized carbons (Fsp3) is 0.182. The van der Waals surface area contributed by atoms with E-state index in [-0.39, 0.29) is 55.3 Å². The Labute approximate surface area is 401 Å². The number of azo groups is 2. The van der Waals surface area contributed by atoms with Gasteiger partial charge in [-0.2, -0.15) is 46.8 Å². The molecule has 4 amide bonds. The fourth-order valence-corrected chi connectivity index (χ4v) is 6.83. The molecule has 2 atom stereocenters. The zero-order valence-electron chi connectivity index (χ0n) is 35.3. The number of halogens is 10. The second-order valence-corrected chi connectivity index (χ2v) is 16.0. The summed E-state index contributed by atoms with van der Waals surface area (Å²) in [6.07, 6.45) is -9.34. The van der Waals surface area contributed by atoms with E-state index in [0.29, 0.717) is 23.3 Å². The molecule has 0 saturated carbocycles. The Morgan fingerprint density at radius 2 is 0.838 bits per heavy atom. The minimum Gasteiger partial charge on any atom is -0.324 e. The Hall–Kier alpha value is -6.74. The van der Waals surface area contributed by atoms with Crippen molar-refractivity contribution in [3.05, 3.63) is 138 Å². The highest BCUT2D eigenvalue weighted by molar-refractivity contribution is 6.38. The van der Waals surface area contributed by atoms with Gasteiger partial charge >= 0.3 is 12.4 Å². The molecule has 0 radical (unpaired) electrons. The Kier molecular flexibility index (Phi) is 16.5. The van der Waals surface area contributed by atoms with Gasteiger partial charge in [-0.05, 0) is 112 Å². The maximum atomic E-state index is 13.4. The molecule has 0 fully saturated rings. The third-order valence-electron chi connectivity index (χ3n) is 9.67. The van der Waals surface area contributed by atoms with Gasteiger partial charge in [0, 0.05) is 11.4 Å². The number of nitrogens with zero attached hydrogens (tertiary/aromatic N) is 4. The molecule has 24 heteroatoms. The monoisotopic (exact) mass is 1020 g/mol. The first-order valence-corrected chi connectivity index (χ1v) is 20.8. The number of Topliss-reactive ketones (excluding diaryl/α,β-unsaturated/α-hetero) is 2. The largest absolute Gasteiger partial charge is 0.416 e. The maximum absolute atomic E-state index is 13.4. The molecule has 0 aliphatic heterocycles. The molecule has 0 aromatic heterocycles. The van der Waals surface area contributed by atoms with Crippen LogP contribution in [0.5, 0.6) is 0 Å². The molecule has 5 aromatic carbocycles. The second-order valence-electron chi connectivity index (χ2n) is 14.4. The van der Waals surface area contributed by atoms with E-state index in [9.17, 15) is 55.1 Å². The molecule has 5 rings (SSSR count). The van der Waals surface area contributed by atoms with Gasteiger partial charge in [0.2, 0.25) is 12.1 Å². The number of anilines is 4. The average molecular weight is 1020 g/mol. The van der Waals surface area contributed by atoms with E-state index in [2.05, 4.69) is 41.7 Å². The van der Waals surface area contributed by atoms with Crippen molar-refractivity contribution in [3.8, 4) is 0 Å². The zero-order valence-corrected chi connectivity index (χ0v) is 38.3. The Bertz CT molecular complexity index is 2740. The summed E-state index contributed by atoms with van der Waals surface area (Å²) in [7, 11) is 0. The lowest BCUT2D eigenvalue weighted by atomic mass is 10.0. The normalized spacial score (nSPS) is 12.7. The summed E-state index contributed by atoms with van der Waals surface area (Å²) in [5, 5.41) is 24.1. The fourth-order valence-electron chi connectivity index (χ4n) is 5.88. The quantitative estimate of drug-likeness (QED) is 0.0484. The van der Waals surface area contributed by atoms with Gasteiger partial charge in [0.15, 0.2) is 11.6 Å². The molecule has 5 aromatic rings. The summed E-state index contributed by atoms with van der Waals surface area (Å²) in [5.74, 6) is -5.07. The first kappa shape index (κ1) is 52.2. The van der Waals surface area contributed by atoms with Crippen LogP contribution < -0.4 is 21.3 Å². The SMILES string of the molecule is CC(=O)C(N=Nc1cccc(C(=O)Nc2ccc(C(F)(F)F)cc2Cl)c1Cl)C(=O)Nc1ccc(NC(=O)C(N=Nc2cccc(C(=O)Nc3ccc(C(F)(F)F)cc3Cl)c2Cl)C(C)=O)c(C)c1C. The van der Waals surface area contributed by atoms with Crippen LogP contribution in [0.3, 0.4) is 0 Å². The van der Waals surface area contributed by atoms with Crippen LogP contribution in [0.15, 0.2) is 105 Å². The predicted octanol–water partition coefficient (Wildman–Crippen LogP) is 12.8. The number of benzene rings is 5. The molecule has 0 spiro atoms. The van der Waals surface area contributed by atoms with Gasteiger partial charge in [0.25, 0.3) is 23.6 Å². The first-order chi connectivity index (χ1) is 31.8. The molecular formula is C44H32Cl4F6N8O6. The minimum atomic E-state index is -4.67. The highest BCUT2D eigenvalue weighted by Crippen LogP contribution is 2.37. The molecule has 0 heterocycles. The van der Waals surface area contributed by atoms with E-state index in [0.717, 1.165) is 38.1 Å². The van der Waals surface area contributed by atoms with Crippen molar-refractivity contribution in [3.63, 3.8) is 0 Å². The summed E-state index contributed by atoms with van der Waals surface area (Å²) >= 11 is 24.7. The van der Waals surface area contributed by atoms with Crippen LogP contribution in [-0.4, -0.2) is 47.3 Å². The average Bonchev–Trinajstić information content (AvgIpc) is 3.25. The zero-order chi connectivity index (χ0) is 50.4. The molecule has 14 nitrogen and oxygen atoms in total. The number of ketones is 2. The molecule has 0 bridgehead atoms. The van der Waals surface area contributed by atoms with Crippen molar-refractivity contribution in [2.75, 3.05) is 21.3 Å². The first-order valence-electron chi connectivity index (χ1n) is 19.3. The summed E-state index contributed by atoms with van der Waals surface area (Å²) in [6, 6.07) is 11.9. The Morgan fingerprint density at radius 1 is 0.500 bits per heavy atom. The molecule has 354 valence electrons. The standard InChI is InChI=1S/C44H32Cl4F6N8O6/c1-19-20(2)30(56-42(68)38(22(4)64)62-60-34-10-6-8-26(36(34)48)40(66)58-32-14-12-24(18-28(32)46)44(52,53)54)16-15-29(19)55-41(67)37(21(3)63)61-59-33-9-5-7-25(35(33)47)39(65)57-31-13-11-23(17-27(31)45)43(49,50)51/h5-18,37-38H,1-4H3,(H,55,67)(H,56,68)(H,57,65)(H,58,66). The Morgan fingerprint density at radius 3 is 1.15 bits per heavy atom. The van der Waals surface area contributed by atoms with Crippen LogP contribution in [0.1, 0.15) is 56.8 Å². The molecule has 2 unspecified atom stereocenters. The molecule has 68 heavy (non-hydrogen) atoms. The van der Waals surface area contributed by atoms with Crippen LogP contribution in [-0.2, 0) is 31.5 Å². The number of carbonyl (C=O) groups is 6. The van der Waals surface area contributed by atoms with E-state index in [1.165, 1.54) is 48.5 Å². The van der Waals surface area contributed by atoms with Gasteiger partial charge in [0.05, 0.1) is 53.7 Å². The minimum absolute atomic E-state index is 0.141. The number of carbonyl (C=O) groups excluding carboxylic acids is 6. The van der Waals surface area contributed by atoms with Crippen LogP contribution in [0.4, 0.5) is 60.5 Å². The van der Waals surface area contributed by atoms with Crippen molar-refractivity contribution >= 4 is 116 Å². The lowest BCUT2D eigenvalue weighted by Gasteiger charge is -2.17. The number of rotatable bonds is 14. The van der Waals surface area contributed by atoms with E-state index in [4.69, 9.17) is 46.4 Å². The van der Waals surface area contributed by atoms with Crippen LogP contribution >= 0.6 is 46.4 Å². The summed E-state index contributed by atoms with van der Waals surface area (Å²) in [5.41, 5.74) is -1.82. The van der Waals surface area contributed by atoms with E-state index in [1.807, 2.05) is 0 Å². The lowest BCUT2D eigenvalue weighted by Crippen LogP contribution is -2.33. The molecule has 0 aliphatic carbocycles. The van der Waals surface area contributed by atoms with Gasteiger partial charge in [-0.15, -0.1) is 0 Å². The number of nitrogens with one attached hydrogen (secondary N) is 4. The van der Waals surface area contributed by atoms with Crippen molar-refractivity contribution < 1.29 is 55.1 Å². The van der Waals surface area contributed by atoms with Gasteiger partial charge in [-0.25, -0.2) is 0 Å². The van der Waals surface area contributed by atoms with E-state index >= 15 is 0 Å². The third kappa shape index (κ3) is 12.6. The highest BCUT2D eigenvalue weighted by atomic mass is 35.5. The number of amides is 4. The molecule has 0 saturated heterocycles. The summed E-state index contributed by atoms with van der Waals surface area (Å²) in [4.78, 5) is 78.0. The molecule has 4 N–H and O–H groups in total.